The van der Waals surface area contributed by atoms with Crippen LogP contribution in [0.3, 0.4) is 0 Å². The number of benzene rings is 1. The van der Waals surface area contributed by atoms with Crippen molar-refractivity contribution < 1.29 is 18.0 Å². The molecule has 8 heteroatoms. The minimum atomic E-state index is -3.92. The lowest BCUT2D eigenvalue weighted by molar-refractivity contribution is 0.315. The molecule has 6 nitrogen and oxygen atoms in total. The Morgan fingerprint density at radius 1 is 1.58 bits per heavy atom. The van der Waals surface area contributed by atoms with E-state index in [9.17, 15) is 12.8 Å². The van der Waals surface area contributed by atoms with Crippen molar-refractivity contribution in [3.05, 3.63) is 30.1 Å². The van der Waals surface area contributed by atoms with Gasteiger partial charge in [-0.05, 0) is 24.6 Å². The average Bonchev–Trinajstić information content (AvgIpc) is 2.37. The van der Waals surface area contributed by atoms with Gasteiger partial charge in [0, 0.05) is 0 Å². The molecule has 0 aliphatic carbocycles. The first-order valence-corrected chi connectivity index (χ1v) is 7.14. The van der Waals surface area contributed by atoms with Gasteiger partial charge in [-0.3, -0.25) is 0 Å². The summed E-state index contributed by atoms with van der Waals surface area (Å²) >= 11 is 0. The van der Waals surface area contributed by atoms with E-state index in [1.165, 1.54) is 12.1 Å². The Labute approximate surface area is 111 Å². The van der Waals surface area contributed by atoms with Crippen LogP contribution in [0.5, 0.6) is 0 Å². The lowest BCUT2D eigenvalue weighted by atomic mass is 10.2. The zero-order valence-corrected chi connectivity index (χ0v) is 11.2. The predicted molar refractivity (Wildman–Crippen MR) is 68.8 cm³/mol. The van der Waals surface area contributed by atoms with Crippen LogP contribution in [0.2, 0.25) is 0 Å². The molecule has 0 fully saturated rings. The highest BCUT2D eigenvalue weighted by Crippen LogP contribution is 2.12. The smallest absolute Gasteiger partial charge is 0.241 e. The molecule has 0 saturated heterocycles. The van der Waals surface area contributed by atoms with Gasteiger partial charge in [0.2, 0.25) is 10.0 Å². The summed E-state index contributed by atoms with van der Waals surface area (Å²) < 4.78 is 39.3. The zero-order valence-electron chi connectivity index (χ0n) is 10.4. The van der Waals surface area contributed by atoms with Crippen molar-refractivity contribution in [2.45, 2.75) is 30.7 Å². The fraction of sp³-hybridized carbons (Fsp3) is 0.364. The van der Waals surface area contributed by atoms with Crippen molar-refractivity contribution in [1.82, 2.24) is 4.72 Å². The third-order valence-electron chi connectivity index (χ3n) is 2.45. The van der Waals surface area contributed by atoms with Crippen LogP contribution in [-0.4, -0.2) is 25.5 Å². The number of rotatable bonds is 6. The first-order chi connectivity index (χ1) is 8.90. The van der Waals surface area contributed by atoms with E-state index in [4.69, 9.17) is 10.9 Å². The number of amidine groups is 1. The summed E-state index contributed by atoms with van der Waals surface area (Å²) in [7, 11) is -3.92. The van der Waals surface area contributed by atoms with Crippen LogP contribution in [0.15, 0.2) is 34.3 Å². The highest BCUT2D eigenvalue weighted by atomic mass is 32.2. The standard InChI is InChI=1S/C11H16FN3O3S/c1-2-4-10(11(13)14-16)15-19(17,18)9-6-3-5-8(12)7-9/h3,5-7,10,15-16H,2,4H2,1H3,(H2,13,14). The minimum absolute atomic E-state index is 0.209. The van der Waals surface area contributed by atoms with Gasteiger partial charge in [-0.25, -0.2) is 17.5 Å². The van der Waals surface area contributed by atoms with E-state index in [0.717, 1.165) is 12.1 Å². The van der Waals surface area contributed by atoms with Crippen molar-refractivity contribution in [1.29, 1.82) is 0 Å². The van der Waals surface area contributed by atoms with Gasteiger partial charge in [0.25, 0.3) is 0 Å². The molecule has 0 spiro atoms. The summed E-state index contributed by atoms with van der Waals surface area (Å²) in [6, 6.07) is 3.77. The second-order valence-corrected chi connectivity index (χ2v) is 5.66. The molecule has 0 aliphatic heterocycles. The number of hydrogen-bond donors (Lipinski definition) is 3. The zero-order chi connectivity index (χ0) is 14.5. The molecule has 106 valence electrons. The lowest BCUT2D eigenvalue weighted by Crippen LogP contribution is -2.44. The Bertz CT molecular complexity index is 560. The number of hydrogen-bond acceptors (Lipinski definition) is 4. The van der Waals surface area contributed by atoms with E-state index in [-0.39, 0.29) is 10.7 Å². The Morgan fingerprint density at radius 3 is 2.79 bits per heavy atom. The monoisotopic (exact) mass is 289 g/mol. The molecule has 0 radical (unpaired) electrons. The van der Waals surface area contributed by atoms with E-state index in [0.29, 0.717) is 12.8 Å². The van der Waals surface area contributed by atoms with Gasteiger partial charge in [-0.15, -0.1) is 0 Å². The van der Waals surface area contributed by atoms with Crippen molar-refractivity contribution in [3.63, 3.8) is 0 Å². The van der Waals surface area contributed by atoms with Gasteiger partial charge in [-0.2, -0.15) is 0 Å². The number of nitrogens with zero attached hydrogens (tertiary/aromatic N) is 1. The molecular weight excluding hydrogens is 273 g/mol. The molecule has 1 rings (SSSR count). The summed E-state index contributed by atoms with van der Waals surface area (Å²) in [6.07, 6.45) is 0.997. The number of nitrogens with one attached hydrogen (secondary N) is 1. The van der Waals surface area contributed by atoms with Gasteiger partial charge in [0.1, 0.15) is 5.82 Å². The van der Waals surface area contributed by atoms with E-state index >= 15 is 0 Å². The molecule has 1 aromatic rings. The van der Waals surface area contributed by atoms with Crippen LogP contribution < -0.4 is 10.5 Å². The molecule has 1 aromatic carbocycles. The van der Waals surface area contributed by atoms with Gasteiger partial charge in [0.05, 0.1) is 10.9 Å². The Balaban J connectivity index is 3.00. The molecule has 0 saturated carbocycles. The van der Waals surface area contributed by atoms with Crippen LogP contribution in [0.1, 0.15) is 19.8 Å². The molecule has 0 aromatic heterocycles. The molecule has 0 heterocycles. The van der Waals surface area contributed by atoms with E-state index in [2.05, 4.69) is 9.88 Å². The third-order valence-corrected chi connectivity index (χ3v) is 3.92. The molecule has 0 bridgehead atoms. The number of sulfonamides is 1. The van der Waals surface area contributed by atoms with Crippen LogP contribution in [0.25, 0.3) is 0 Å². The molecule has 19 heavy (non-hydrogen) atoms. The van der Waals surface area contributed by atoms with Gasteiger partial charge in [0.15, 0.2) is 5.84 Å². The second kappa shape index (κ2) is 6.48. The molecular formula is C11H16FN3O3S. The quantitative estimate of drug-likeness (QED) is 0.315. The van der Waals surface area contributed by atoms with Crippen molar-refractivity contribution in [2.75, 3.05) is 0 Å². The van der Waals surface area contributed by atoms with Crippen molar-refractivity contribution in [3.8, 4) is 0 Å². The minimum Gasteiger partial charge on any atom is -0.409 e. The van der Waals surface area contributed by atoms with E-state index < -0.39 is 21.9 Å². The maximum Gasteiger partial charge on any atom is 0.241 e. The highest BCUT2D eigenvalue weighted by Gasteiger charge is 2.22. The average molecular weight is 289 g/mol. The van der Waals surface area contributed by atoms with Crippen LogP contribution in [-0.2, 0) is 10.0 Å². The largest absolute Gasteiger partial charge is 0.409 e. The normalized spacial score (nSPS) is 14.3. The second-order valence-electron chi connectivity index (χ2n) is 3.94. The summed E-state index contributed by atoms with van der Waals surface area (Å²) in [4.78, 5) is -0.209. The molecule has 1 atom stereocenters. The van der Waals surface area contributed by atoms with Crippen molar-refractivity contribution in [2.24, 2.45) is 10.9 Å². The Kier molecular flexibility index (Phi) is 5.25. The lowest BCUT2D eigenvalue weighted by Gasteiger charge is -2.16. The third kappa shape index (κ3) is 4.18. The SMILES string of the molecule is CCCC(NS(=O)(=O)c1cccc(F)c1)/C(N)=N/O. The molecule has 4 N–H and O–H groups in total. The predicted octanol–water partition coefficient (Wildman–Crippen LogP) is 1.02. The Morgan fingerprint density at radius 2 is 2.26 bits per heavy atom. The van der Waals surface area contributed by atoms with Crippen LogP contribution in [0.4, 0.5) is 4.39 Å². The van der Waals surface area contributed by atoms with Gasteiger partial charge >= 0.3 is 0 Å². The number of oxime groups is 1. The summed E-state index contributed by atoms with van der Waals surface area (Å²) in [5.74, 6) is -0.888. The topological polar surface area (TPSA) is 105 Å². The summed E-state index contributed by atoms with van der Waals surface area (Å²) in [5.41, 5.74) is 5.42. The van der Waals surface area contributed by atoms with E-state index in [1.54, 1.807) is 0 Å². The summed E-state index contributed by atoms with van der Waals surface area (Å²) in [5, 5.41) is 11.4. The number of halogens is 1. The number of nitrogens with two attached hydrogens (primary N) is 1. The first kappa shape index (κ1) is 15.4. The first-order valence-electron chi connectivity index (χ1n) is 5.66. The molecule has 1 unspecified atom stereocenters. The summed E-state index contributed by atoms with van der Waals surface area (Å²) in [6.45, 7) is 1.83. The maximum atomic E-state index is 13.0. The highest BCUT2D eigenvalue weighted by molar-refractivity contribution is 7.89. The van der Waals surface area contributed by atoms with Crippen molar-refractivity contribution >= 4 is 15.9 Å². The van der Waals surface area contributed by atoms with Gasteiger partial charge in [-0.1, -0.05) is 24.6 Å². The van der Waals surface area contributed by atoms with Crippen LogP contribution in [0, 0.1) is 5.82 Å². The maximum absolute atomic E-state index is 13.0. The van der Waals surface area contributed by atoms with E-state index in [1.807, 2.05) is 6.92 Å². The molecule has 0 aliphatic rings. The Hall–Kier alpha value is -1.67. The fourth-order valence-electron chi connectivity index (χ4n) is 1.52. The molecule has 0 amide bonds. The fourth-order valence-corrected chi connectivity index (χ4v) is 2.79. The van der Waals surface area contributed by atoms with Gasteiger partial charge < -0.3 is 10.9 Å². The van der Waals surface area contributed by atoms with Crippen LogP contribution >= 0.6 is 0 Å².